The third kappa shape index (κ3) is 7.62. The van der Waals surface area contributed by atoms with Crippen molar-refractivity contribution >= 4 is 23.4 Å². The summed E-state index contributed by atoms with van der Waals surface area (Å²) < 4.78 is 11.7. The third-order valence-electron chi connectivity index (χ3n) is 11.6. The number of imide groups is 1. The Morgan fingerprint density at radius 3 is 2.55 bits per heavy atom. The first kappa shape index (κ1) is 36.2. The van der Waals surface area contributed by atoms with E-state index in [1.165, 1.54) is 11.3 Å². The van der Waals surface area contributed by atoms with Crippen molar-refractivity contribution in [2.45, 2.75) is 50.1 Å². The molecule has 3 amide bonds. The van der Waals surface area contributed by atoms with Gasteiger partial charge in [0, 0.05) is 72.9 Å². The number of phenolic OH excluding ortho intramolecular Hbond substituents is 1. The molecule has 0 saturated carbocycles. The van der Waals surface area contributed by atoms with Crippen LogP contribution in [-0.4, -0.2) is 85.6 Å². The van der Waals surface area contributed by atoms with Crippen LogP contribution in [0.25, 0.3) is 0 Å². The number of fused-ring (bicyclic) bond motifs is 2. The molecular formula is C45H46N4O6. The summed E-state index contributed by atoms with van der Waals surface area (Å²) in [6, 6.07) is 27.6. The second kappa shape index (κ2) is 15.5. The molecule has 55 heavy (non-hydrogen) atoms. The predicted octanol–water partition coefficient (Wildman–Crippen LogP) is 5.67. The summed E-state index contributed by atoms with van der Waals surface area (Å²) in [6.45, 7) is 4.47. The average Bonchev–Trinajstić information content (AvgIpc) is 3.52. The first-order valence-electron chi connectivity index (χ1n) is 19.1. The highest BCUT2D eigenvalue weighted by Crippen LogP contribution is 2.47. The Morgan fingerprint density at radius 1 is 0.945 bits per heavy atom. The van der Waals surface area contributed by atoms with Crippen LogP contribution in [0.15, 0.2) is 84.9 Å². The molecule has 2 fully saturated rings. The number of amides is 3. The van der Waals surface area contributed by atoms with Crippen molar-refractivity contribution in [3.05, 3.63) is 118 Å². The molecule has 4 aromatic rings. The molecule has 4 aliphatic rings. The van der Waals surface area contributed by atoms with Gasteiger partial charge in [-0.25, -0.2) is 0 Å². The number of methoxy groups -OCH3 is 1. The summed E-state index contributed by atoms with van der Waals surface area (Å²) in [5, 5.41) is 12.5. The van der Waals surface area contributed by atoms with E-state index in [-0.39, 0.29) is 35.8 Å². The van der Waals surface area contributed by atoms with Crippen molar-refractivity contribution in [3.63, 3.8) is 0 Å². The molecular weight excluding hydrogens is 693 g/mol. The van der Waals surface area contributed by atoms with Crippen molar-refractivity contribution in [3.8, 4) is 29.1 Å². The molecule has 0 aromatic heterocycles. The van der Waals surface area contributed by atoms with Crippen molar-refractivity contribution in [2.75, 3.05) is 51.8 Å². The van der Waals surface area contributed by atoms with Gasteiger partial charge in [-0.2, -0.15) is 0 Å². The van der Waals surface area contributed by atoms with Gasteiger partial charge >= 0.3 is 0 Å². The standard InChI is InChI=1S/C45H46N4O6/c1-47(20-4-5-29-8-14-37-33(23-29)27-49(45(37)53)40-16-17-42(51)46-44(40)52)26-30-18-21-48(22-19-30)34-11-9-31(10-12-34)43-38-15-13-35(50)25-41(38)55-28-39(43)32-6-3-7-36(24-32)54-2/h3,6-15,23-25,30,39-40,43,50H,16-22,26-28H2,1-2H3,(H,46,51,52). The van der Waals surface area contributed by atoms with Gasteiger partial charge in [0.2, 0.25) is 11.8 Å². The molecule has 4 aliphatic heterocycles. The minimum Gasteiger partial charge on any atom is -0.508 e. The number of aromatic hydroxyl groups is 1. The number of carbonyl (C=O) groups is 3. The van der Waals surface area contributed by atoms with Crippen LogP contribution in [0, 0.1) is 17.8 Å². The lowest BCUT2D eigenvalue weighted by Gasteiger charge is -2.36. The maximum atomic E-state index is 13.0. The van der Waals surface area contributed by atoms with Gasteiger partial charge in [-0.05, 0) is 97.4 Å². The number of carbonyl (C=O) groups excluding carboxylic acids is 3. The second-order valence-corrected chi connectivity index (χ2v) is 15.2. The third-order valence-corrected chi connectivity index (χ3v) is 11.6. The van der Waals surface area contributed by atoms with Gasteiger partial charge in [0.05, 0.1) is 20.3 Å². The van der Waals surface area contributed by atoms with Gasteiger partial charge in [0.15, 0.2) is 0 Å². The van der Waals surface area contributed by atoms with E-state index in [4.69, 9.17) is 9.47 Å². The molecule has 10 heteroatoms. The van der Waals surface area contributed by atoms with Gasteiger partial charge in [-0.3, -0.25) is 24.6 Å². The van der Waals surface area contributed by atoms with E-state index in [2.05, 4.69) is 70.4 Å². The molecule has 2 saturated heterocycles. The van der Waals surface area contributed by atoms with Crippen LogP contribution < -0.4 is 19.7 Å². The number of benzene rings is 4. The fourth-order valence-corrected chi connectivity index (χ4v) is 8.67. The molecule has 8 rings (SSSR count). The lowest BCUT2D eigenvalue weighted by Crippen LogP contribution is -2.52. The molecule has 10 nitrogen and oxygen atoms in total. The van der Waals surface area contributed by atoms with Crippen molar-refractivity contribution in [1.29, 1.82) is 0 Å². The van der Waals surface area contributed by atoms with Gasteiger partial charge < -0.3 is 24.4 Å². The summed E-state index contributed by atoms with van der Waals surface area (Å²) in [5.74, 6) is 8.22. The van der Waals surface area contributed by atoms with Crippen LogP contribution in [0.4, 0.5) is 5.69 Å². The number of rotatable bonds is 8. The molecule has 4 heterocycles. The average molecular weight is 739 g/mol. The minimum absolute atomic E-state index is 0.0668. The Hall–Kier alpha value is -5.79. The fraction of sp³-hybridized carbons (Fsp3) is 0.356. The van der Waals surface area contributed by atoms with Gasteiger partial charge in [-0.1, -0.05) is 42.2 Å². The maximum absolute atomic E-state index is 13.0. The van der Waals surface area contributed by atoms with E-state index in [0.717, 1.165) is 66.2 Å². The normalized spacial score (nSPS) is 21.0. The molecule has 4 aromatic carbocycles. The van der Waals surface area contributed by atoms with Crippen LogP contribution in [0.1, 0.15) is 75.7 Å². The molecule has 3 unspecified atom stereocenters. The van der Waals surface area contributed by atoms with Crippen molar-refractivity contribution < 1.29 is 29.0 Å². The van der Waals surface area contributed by atoms with Crippen LogP contribution in [-0.2, 0) is 16.1 Å². The highest BCUT2D eigenvalue weighted by atomic mass is 16.5. The lowest BCUT2D eigenvalue weighted by molar-refractivity contribution is -0.136. The monoisotopic (exact) mass is 738 g/mol. The molecule has 2 N–H and O–H groups in total. The molecule has 3 atom stereocenters. The lowest BCUT2D eigenvalue weighted by atomic mass is 9.76. The molecule has 0 radical (unpaired) electrons. The van der Waals surface area contributed by atoms with E-state index in [9.17, 15) is 19.5 Å². The van der Waals surface area contributed by atoms with E-state index < -0.39 is 11.9 Å². The van der Waals surface area contributed by atoms with E-state index in [1.54, 1.807) is 30.2 Å². The molecule has 0 spiro atoms. The number of hydrogen-bond donors (Lipinski definition) is 2. The maximum Gasteiger partial charge on any atom is 0.255 e. The van der Waals surface area contributed by atoms with Crippen LogP contribution in [0.2, 0.25) is 0 Å². The molecule has 0 aliphatic carbocycles. The topological polar surface area (TPSA) is 112 Å². The summed E-state index contributed by atoms with van der Waals surface area (Å²) in [7, 11) is 3.81. The smallest absolute Gasteiger partial charge is 0.255 e. The first-order chi connectivity index (χ1) is 26.7. The zero-order valence-corrected chi connectivity index (χ0v) is 31.3. The van der Waals surface area contributed by atoms with Crippen LogP contribution in [0.5, 0.6) is 17.2 Å². The predicted molar refractivity (Wildman–Crippen MR) is 209 cm³/mol. The first-order valence-corrected chi connectivity index (χ1v) is 19.1. The minimum atomic E-state index is -0.620. The number of hydrogen-bond acceptors (Lipinski definition) is 8. The summed E-state index contributed by atoms with van der Waals surface area (Å²) in [6.07, 6.45) is 2.80. The number of piperidine rings is 2. The Kier molecular flexibility index (Phi) is 10.2. The number of phenols is 1. The molecule has 282 valence electrons. The fourth-order valence-electron chi connectivity index (χ4n) is 8.67. The zero-order chi connectivity index (χ0) is 38.1. The highest BCUT2D eigenvalue weighted by Gasteiger charge is 2.39. The SMILES string of the molecule is COc1cccc(C2COc3cc(O)ccc3C2c2ccc(N3CCC(CN(C)CC#Cc4ccc5c(c4)CN(C4CCC(=O)NC4=O)C5=O)CC3)cc2)c1. The quantitative estimate of drug-likeness (QED) is 0.176. The van der Waals surface area contributed by atoms with Gasteiger partial charge in [0.25, 0.3) is 5.91 Å². The van der Waals surface area contributed by atoms with E-state index >= 15 is 0 Å². The summed E-state index contributed by atoms with van der Waals surface area (Å²) in [4.78, 5) is 43.3. The number of nitrogens with zero attached hydrogens (tertiary/aromatic N) is 3. The van der Waals surface area contributed by atoms with E-state index in [0.29, 0.717) is 37.6 Å². The summed E-state index contributed by atoms with van der Waals surface area (Å²) in [5.41, 5.74) is 6.98. The van der Waals surface area contributed by atoms with Crippen LogP contribution >= 0.6 is 0 Å². The molecule has 0 bridgehead atoms. The largest absolute Gasteiger partial charge is 0.508 e. The zero-order valence-electron chi connectivity index (χ0n) is 31.3. The number of ether oxygens (including phenoxy) is 2. The Bertz CT molecular complexity index is 2170. The van der Waals surface area contributed by atoms with E-state index in [1.807, 2.05) is 30.3 Å². The van der Waals surface area contributed by atoms with Crippen LogP contribution in [0.3, 0.4) is 0 Å². The summed E-state index contributed by atoms with van der Waals surface area (Å²) >= 11 is 0. The number of nitrogens with one attached hydrogen (secondary N) is 1. The van der Waals surface area contributed by atoms with Gasteiger partial charge in [-0.15, -0.1) is 0 Å². The Balaban J connectivity index is 0.856. The highest BCUT2D eigenvalue weighted by molar-refractivity contribution is 6.05. The van der Waals surface area contributed by atoms with Crippen molar-refractivity contribution in [1.82, 2.24) is 15.1 Å². The number of anilines is 1. The van der Waals surface area contributed by atoms with Crippen molar-refractivity contribution in [2.24, 2.45) is 5.92 Å². The Labute approximate surface area is 322 Å². The van der Waals surface area contributed by atoms with Gasteiger partial charge in [0.1, 0.15) is 23.3 Å². The second-order valence-electron chi connectivity index (χ2n) is 15.2. The Morgan fingerprint density at radius 2 is 1.76 bits per heavy atom.